The van der Waals surface area contributed by atoms with Crippen LogP contribution in [0.25, 0.3) is 11.3 Å². The number of Topliss-reactive ketones (excluding diaryl/α,β-unsaturated/α-hetero) is 1. The molecule has 5 heteroatoms. The number of hydrogen-bond donors (Lipinski definition) is 1. The second-order valence-electron chi connectivity index (χ2n) is 7.10. The molecule has 4 rings (SSSR count). The van der Waals surface area contributed by atoms with Crippen LogP contribution in [-0.4, -0.2) is 16.7 Å². The minimum atomic E-state index is -0.517. The fourth-order valence-electron chi connectivity index (χ4n) is 3.57. The van der Waals surface area contributed by atoms with Crippen molar-refractivity contribution in [3.63, 3.8) is 0 Å². The number of amides is 1. The maximum atomic E-state index is 13.0. The van der Waals surface area contributed by atoms with E-state index in [0.717, 1.165) is 23.2 Å². The first-order valence-corrected chi connectivity index (χ1v) is 9.15. The third-order valence-electron chi connectivity index (χ3n) is 5.21. The molecule has 1 aromatic heterocycles. The molecule has 1 amide bonds. The number of pyridine rings is 1. The van der Waals surface area contributed by atoms with Crippen molar-refractivity contribution in [3.05, 3.63) is 89.4 Å². The summed E-state index contributed by atoms with van der Waals surface area (Å²) in [5.74, 6) is -0.585. The van der Waals surface area contributed by atoms with Crippen LogP contribution in [0.15, 0.2) is 66.9 Å². The second kappa shape index (κ2) is 7.35. The molecule has 0 bridgehead atoms. The van der Waals surface area contributed by atoms with E-state index in [-0.39, 0.29) is 29.9 Å². The predicted octanol–water partition coefficient (Wildman–Crippen LogP) is 3.90. The number of aromatic nitrogens is 1. The predicted molar refractivity (Wildman–Crippen MR) is 104 cm³/mol. The highest BCUT2D eigenvalue weighted by molar-refractivity contribution is 5.96. The first-order chi connectivity index (χ1) is 13.5. The molecular formula is C23H19FN2O2. The van der Waals surface area contributed by atoms with Gasteiger partial charge in [0.05, 0.1) is 5.69 Å². The fourth-order valence-corrected chi connectivity index (χ4v) is 3.57. The van der Waals surface area contributed by atoms with E-state index in [1.54, 1.807) is 42.6 Å². The summed E-state index contributed by atoms with van der Waals surface area (Å²) < 4.78 is 13.0. The van der Waals surface area contributed by atoms with E-state index < -0.39 is 5.91 Å². The Kier molecular flexibility index (Phi) is 4.74. The van der Waals surface area contributed by atoms with Crippen molar-refractivity contribution in [3.8, 4) is 11.3 Å². The number of benzene rings is 2. The normalized spacial score (nSPS) is 17.9. The van der Waals surface area contributed by atoms with Crippen LogP contribution >= 0.6 is 0 Å². The van der Waals surface area contributed by atoms with E-state index in [9.17, 15) is 14.0 Å². The van der Waals surface area contributed by atoms with Crippen molar-refractivity contribution in [1.29, 1.82) is 0 Å². The molecule has 4 nitrogen and oxygen atoms in total. The Morgan fingerprint density at radius 3 is 2.46 bits per heavy atom. The second-order valence-corrected chi connectivity index (χ2v) is 7.10. The van der Waals surface area contributed by atoms with Gasteiger partial charge in [-0.15, -0.1) is 0 Å². The van der Waals surface area contributed by atoms with Gasteiger partial charge >= 0.3 is 0 Å². The van der Waals surface area contributed by atoms with Gasteiger partial charge < -0.3 is 5.73 Å². The molecule has 1 saturated carbocycles. The van der Waals surface area contributed by atoms with Crippen LogP contribution in [0.1, 0.15) is 33.8 Å². The first-order valence-electron chi connectivity index (χ1n) is 9.15. The van der Waals surface area contributed by atoms with Crippen LogP contribution in [0.3, 0.4) is 0 Å². The highest BCUT2D eigenvalue weighted by Crippen LogP contribution is 2.48. The van der Waals surface area contributed by atoms with Gasteiger partial charge in [0, 0.05) is 29.7 Å². The van der Waals surface area contributed by atoms with Crippen molar-refractivity contribution >= 4 is 11.7 Å². The number of halogens is 1. The quantitative estimate of drug-likeness (QED) is 0.711. The standard InChI is InChI=1S/C23H19FN2O2/c24-17-8-5-14(6-9-17)21-10-7-16(13-26-21)19-12-20(19)22(27)11-15-3-1-2-4-18(15)23(25)28/h1-10,13,19-20H,11-12H2,(H2,25,28). The number of ketones is 1. The summed E-state index contributed by atoms with van der Waals surface area (Å²) in [6.45, 7) is 0. The molecular weight excluding hydrogens is 355 g/mol. The molecule has 1 fully saturated rings. The van der Waals surface area contributed by atoms with Crippen molar-refractivity contribution < 1.29 is 14.0 Å². The number of rotatable bonds is 6. The topological polar surface area (TPSA) is 73.1 Å². The molecule has 0 aliphatic heterocycles. The lowest BCUT2D eigenvalue weighted by molar-refractivity contribution is -0.119. The Balaban J connectivity index is 1.43. The van der Waals surface area contributed by atoms with Gasteiger partial charge in [-0.2, -0.15) is 0 Å². The van der Waals surface area contributed by atoms with Crippen LogP contribution < -0.4 is 5.73 Å². The molecule has 2 N–H and O–H groups in total. The summed E-state index contributed by atoms with van der Waals surface area (Å²) in [5, 5.41) is 0. The van der Waals surface area contributed by atoms with Crippen LogP contribution in [0.2, 0.25) is 0 Å². The Morgan fingerprint density at radius 1 is 1.04 bits per heavy atom. The molecule has 28 heavy (non-hydrogen) atoms. The highest BCUT2D eigenvalue weighted by Gasteiger charge is 2.43. The lowest BCUT2D eigenvalue weighted by Gasteiger charge is -2.06. The SMILES string of the molecule is NC(=O)c1ccccc1CC(=O)C1CC1c1ccc(-c2ccc(F)cc2)nc1. The Morgan fingerprint density at radius 2 is 1.79 bits per heavy atom. The van der Waals surface area contributed by atoms with E-state index in [2.05, 4.69) is 4.98 Å². The van der Waals surface area contributed by atoms with Gasteiger partial charge in [-0.1, -0.05) is 24.3 Å². The van der Waals surface area contributed by atoms with Gasteiger partial charge in [-0.3, -0.25) is 14.6 Å². The summed E-state index contributed by atoms with van der Waals surface area (Å²) in [5.41, 5.74) is 9.10. The summed E-state index contributed by atoms with van der Waals surface area (Å²) in [6.07, 6.45) is 2.78. The minimum absolute atomic E-state index is 0.0561. The van der Waals surface area contributed by atoms with Crippen LogP contribution in [0.4, 0.5) is 4.39 Å². The number of nitrogens with zero attached hydrogens (tertiary/aromatic N) is 1. The summed E-state index contributed by atoms with van der Waals surface area (Å²) in [6, 6.07) is 17.0. The summed E-state index contributed by atoms with van der Waals surface area (Å²) in [7, 11) is 0. The first kappa shape index (κ1) is 18.0. The van der Waals surface area contributed by atoms with Gasteiger partial charge in [0.25, 0.3) is 0 Å². The molecule has 0 radical (unpaired) electrons. The monoisotopic (exact) mass is 374 g/mol. The molecule has 3 aromatic rings. The molecule has 140 valence electrons. The Bertz CT molecular complexity index is 1030. The van der Waals surface area contributed by atoms with Crippen molar-refractivity contribution in [2.24, 2.45) is 11.7 Å². The average molecular weight is 374 g/mol. The molecule has 1 heterocycles. The lowest BCUT2D eigenvalue weighted by atomic mass is 9.98. The van der Waals surface area contributed by atoms with E-state index >= 15 is 0 Å². The number of carbonyl (C=O) groups excluding carboxylic acids is 2. The number of nitrogens with two attached hydrogens (primary N) is 1. The van der Waals surface area contributed by atoms with Crippen LogP contribution in [0.5, 0.6) is 0 Å². The molecule has 2 atom stereocenters. The molecule has 0 saturated heterocycles. The lowest BCUT2D eigenvalue weighted by Crippen LogP contribution is -2.16. The van der Waals surface area contributed by atoms with E-state index in [4.69, 9.17) is 5.73 Å². The average Bonchev–Trinajstić information content (AvgIpc) is 3.50. The largest absolute Gasteiger partial charge is 0.366 e. The minimum Gasteiger partial charge on any atom is -0.366 e. The molecule has 1 aliphatic carbocycles. The third kappa shape index (κ3) is 3.69. The van der Waals surface area contributed by atoms with E-state index in [0.29, 0.717) is 11.1 Å². The summed E-state index contributed by atoms with van der Waals surface area (Å²) >= 11 is 0. The smallest absolute Gasteiger partial charge is 0.248 e. The van der Waals surface area contributed by atoms with Crippen LogP contribution in [0, 0.1) is 11.7 Å². The maximum Gasteiger partial charge on any atom is 0.248 e. The van der Waals surface area contributed by atoms with Gasteiger partial charge in [-0.05, 0) is 59.9 Å². The van der Waals surface area contributed by atoms with Crippen molar-refractivity contribution in [2.75, 3.05) is 0 Å². The van der Waals surface area contributed by atoms with Crippen molar-refractivity contribution in [2.45, 2.75) is 18.8 Å². The Hall–Kier alpha value is -3.34. The van der Waals surface area contributed by atoms with Crippen molar-refractivity contribution in [1.82, 2.24) is 4.98 Å². The molecule has 1 aliphatic rings. The highest BCUT2D eigenvalue weighted by atomic mass is 19.1. The number of primary amides is 1. The van der Waals surface area contributed by atoms with Gasteiger partial charge in [0.2, 0.25) is 5.91 Å². The zero-order chi connectivity index (χ0) is 19.7. The number of hydrogen-bond acceptors (Lipinski definition) is 3. The van der Waals surface area contributed by atoms with Gasteiger partial charge in [0.15, 0.2) is 0 Å². The maximum absolute atomic E-state index is 13.0. The van der Waals surface area contributed by atoms with E-state index in [1.165, 1.54) is 12.1 Å². The summed E-state index contributed by atoms with van der Waals surface area (Å²) in [4.78, 5) is 28.6. The zero-order valence-corrected chi connectivity index (χ0v) is 15.1. The van der Waals surface area contributed by atoms with Gasteiger partial charge in [0.1, 0.15) is 11.6 Å². The van der Waals surface area contributed by atoms with Crippen LogP contribution in [-0.2, 0) is 11.2 Å². The molecule has 0 spiro atoms. The number of carbonyl (C=O) groups is 2. The molecule has 2 aromatic carbocycles. The van der Waals surface area contributed by atoms with Gasteiger partial charge in [-0.25, -0.2) is 4.39 Å². The molecule has 2 unspecified atom stereocenters. The zero-order valence-electron chi connectivity index (χ0n) is 15.1. The fraction of sp³-hybridized carbons (Fsp3) is 0.174. The Labute approximate surface area is 162 Å². The van der Waals surface area contributed by atoms with E-state index in [1.807, 2.05) is 12.1 Å². The third-order valence-corrected chi connectivity index (χ3v) is 5.21.